The first-order valence-electron chi connectivity index (χ1n) is 5.93. The van der Waals surface area contributed by atoms with Crippen LogP contribution in [0.15, 0.2) is 12.4 Å². The van der Waals surface area contributed by atoms with Gasteiger partial charge >= 0.3 is 0 Å². The van der Waals surface area contributed by atoms with Gasteiger partial charge in [-0.2, -0.15) is 0 Å². The summed E-state index contributed by atoms with van der Waals surface area (Å²) >= 11 is 0. The number of nitrogens with two attached hydrogens (primary N) is 1. The van der Waals surface area contributed by atoms with Gasteiger partial charge < -0.3 is 16.0 Å². The quantitative estimate of drug-likeness (QED) is 0.664. The van der Waals surface area contributed by atoms with Gasteiger partial charge in [0.2, 0.25) is 5.91 Å². The third kappa shape index (κ3) is 4.56. The van der Waals surface area contributed by atoms with Crippen LogP contribution in [-0.4, -0.2) is 28.5 Å². The maximum absolute atomic E-state index is 11.7. The largest absolute Gasteiger partial charge is 0.355 e. The van der Waals surface area contributed by atoms with Crippen molar-refractivity contribution in [3.05, 3.63) is 18.2 Å². The fourth-order valence-corrected chi connectivity index (χ4v) is 1.41. The molecule has 5 nitrogen and oxygen atoms in total. The number of H-pyrrole nitrogens is 1. The van der Waals surface area contributed by atoms with Crippen molar-refractivity contribution in [2.75, 3.05) is 6.54 Å². The molecule has 0 saturated heterocycles. The molecule has 0 saturated carbocycles. The van der Waals surface area contributed by atoms with Gasteiger partial charge in [-0.25, -0.2) is 4.98 Å². The standard InChI is InChI=1S/C12H22N4O/c1-12(2,3)10(13)11(17)16-6-4-5-9-14-7-8-15-9/h7-8,10H,4-6,13H2,1-3H3,(H,14,15)(H,16,17)/t10-/m0/s1. The number of aromatic amines is 1. The zero-order valence-electron chi connectivity index (χ0n) is 10.8. The van der Waals surface area contributed by atoms with Crippen LogP contribution in [-0.2, 0) is 11.2 Å². The maximum atomic E-state index is 11.7. The van der Waals surface area contributed by atoms with Gasteiger partial charge in [-0.3, -0.25) is 4.79 Å². The molecule has 1 aromatic rings. The number of aryl methyl sites for hydroxylation is 1. The van der Waals surface area contributed by atoms with Crippen molar-refractivity contribution in [3.8, 4) is 0 Å². The minimum Gasteiger partial charge on any atom is -0.355 e. The molecule has 0 aliphatic carbocycles. The molecule has 0 fully saturated rings. The number of rotatable bonds is 5. The van der Waals surface area contributed by atoms with Crippen LogP contribution >= 0.6 is 0 Å². The van der Waals surface area contributed by atoms with Crippen molar-refractivity contribution in [3.63, 3.8) is 0 Å². The summed E-state index contributed by atoms with van der Waals surface area (Å²) < 4.78 is 0. The summed E-state index contributed by atoms with van der Waals surface area (Å²) in [6.45, 7) is 6.50. The molecule has 96 valence electrons. The van der Waals surface area contributed by atoms with E-state index in [1.165, 1.54) is 0 Å². The van der Waals surface area contributed by atoms with E-state index in [1.807, 2.05) is 20.8 Å². The second-order valence-corrected chi connectivity index (χ2v) is 5.27. The van der Waals surface area contributed by atoms with Crippen LogP contribution in [0.4, 0.5) is 0 Å². The Morgan fingerprint density at radius 3 is 2.82 bits per heavy atom. The summed E-state index contributed by atoms with van der Waals surface area (Å²) in [6, 6.07) is -0.467. The van der Waals surface area contributed by atoms with Crippen molar-refractivity contribution in [2.45, 2.75) is 39.7 Å². The Kier molecular flexibility index (Phi) is 4.69. The molecule has 1 atom stereocenters. The molecule has 5 heteroatoms. The van der Waals surface area contributed by atoms with E-state index in [4.69, 9.17) is 5.73 Å². The Bertz CT molecular complexity index is 340. The lowest BCUT2D eigenvalue weighted by atomic mass is 9.87. The highest BCUT2D eigenvalue weighted by atomic mass is 16.2. The normalized spacial score (nSPS) is 13.4. The van der Waals surface area contributed by atoms with Crippen LogP contribution in [0.3, 0.4) is 0 Å². The van der Waals surface area contributed by atoms with E-state index in [0.29, 0.717) is 6.54 Å². The number of aromatic nitrogens is 2. The summed E-state index contributed by atoms with van der Waals surface area (Å²) in [7, 11) is 0. The molecule has 1 amide bonds. The Balaban J connectivity index is 2.20. The monoisotopic (exact) mass is 238 g/mol. The molecule has 0 radical (unpaired) electrons. The van der Waals surface area contributed by atoms with Crippen molar-refractivity contribution in [1.29, 1.82) is 0 Å². The number of carbonyl (C=O) groups is 1. The smallest absolute Gasteiger partial charge is 0.237 e. The van der Waals surface area contributed by atoms with Crippen molar-refractivity contribution in [1.82, 2.24) is 15.3 Å². The number of nitrogens with one attached hydrogen (secondary N) is 2. The van der Waals surface area contributed by atoms with E-state index >= 15 is 0 Å². The van der Waals surface area contributed by atoms with Crippen LogP contribution in [0.2, 0.25) is 0 Å². The molecule has 0 aliphatic heterocycles. The molecule has 17 heavy (non-hydrogen) atoms. The minimum atomic E-state index is -0.467. The molecular weight excluding hydrogens is 216 g/mol. The molecule has 0 aromatic carbocycles. The molecule has 0 aliphatic rings. The second kappa shape index (κ2) is 5.82. The van der Waals surface area contributed by atoms with Gasteiger partial charge in [-0.05, 0) is 11.8 Å². The third-order valence-corrected chi connectivity index (χ3v) is 2.66. The predicted molar refractivity (Wildman–Crippen MR) is 67.3 cm³/mol. The summed E-state index contributed by atoms with van der Waals surface area (Å²) in [5, 5.41) is 2.85. The Morgan fingerprint density at radius 1 is 1.59 bits per heavy atom. The van der Waals surface area contributed by atoms with E-state index in [-0.39, 0.29) is 11.3 Å². The summed E-state index contributed by atoms with van der Waals surface area (Å²) in [4.78, 5) is 18.8. The highest BCUT2D eigenvalue weighted by Gasteiger charge is 2.26. The van der Waals surface area contributed by atoms with Gasteiger partial charge in [0.1, 0.15) is 5.82 Å². The topological polar surface area (TPSA) is 83.8 Å². The lowest BCUT2D eigenvalue weighted by Gasteiger charge is -2.25. The number of hydrogen-bond donors (Lipinski definition) is 3. The minimum absolute atomic E-state index is 0.0862. The first kappa shape index (κ1) is 13.7. The molecule has 1 aromatic heterocycles. The first-order chi connectivity index (χ1) is 7.91. The van der Waals surface area contributed by atoms with E-state index in [9.17, 15) is 4.79 Å². The fourth-order valence-electron chi connectivity index (χ4n) is 1.41. The Hall–Kier alpha value is -1.36. The van der Waals surface area contributed by atoms with Crippen molar-refractivity contribution < 1.29 is 4.79 Å². The summed E-state index contributed by atoms with van der Waals surface area (Å²) in [5.41, 5.74) is 5.64. The maximum Gasteiger partial charge on any atom is 0.237 e. The van der Waals surface area contributed by atoms with E-state index in [1.54, 1.807) is 12.4 Å². The van der Waals surface area contributed by atoms with E-state index < -0.39 is 6.04 Å². The number of nitrogens with zero attached hydrogens (tertiary/aromatic N) is 1. The number of hydrogen-bond acceptors (Lipinski definition) is 3. The van der Waals surface area contributed by atoms with Crippen LogP contribution in [0.5, 0.6) is 0 Å². The molecule has 4 N–H and O–H groups in total. The Labute approximate surface area is 102 Å². The van der Waals surface area contributed by atoms with Gasteiger partial charge in [0.05, 0.1) is 6.04 Å². The highest BCUT2D eigenvalue weighted by Crippen LogP contribution is 2.16. The van der Waals surface area contributed by atoms with Gasteiger partial charge in [0.25, 0.3) is 0 Å². The molecule has 0 unspecified atom stereocenters. The number of amides is 1. The average Bonchev–Trinajstić information content (AvgIpc) is 2.74. The van der Waals surface area contributed by atoms with Gasteiger partial charge in [0.15, 0.2) is 0 Å². The molecule has 1 heterocycles. The lowest BCUT2D eigenvalue weighted by molar-refractivity contribution is -0.124. The van der Waals surface area contributed by atoms with Gasteiger partial charge in [-0.1, -0.05) is 20.8 Å². The van der Waals surface area contributed by atoms with E-state index in [0.717, 1.165) is 18.7 Å². The van der Waals surface area contributed by atoms with Crippen LogP contribution in [0.25, 0.3) is 0 Å². The first-order valence-corrected chi connectivity index (χ1v) is 5.93. The summed E-state index contributed by atoms with van der Waals surface area (Å²) in [6.07, 6.45) is 5.21. The molecule has 0 bridgehead atoms. The van der Waals surface area contributed by atoms with Crippen LogP contribution in [0.1, 0.15) is 33.0 Å². The SMILES string of the molecule is CC(C)(C)[C@@H](N)C(=O)NCCCc1ncc[nH]1. The third-order valence-electron chi connectivity index (χ3n) is 2.66. The highest BCUT2D eigenvalue weighted by molar-refractivity contribution is 5.82. The second-order valence-electron chi connectivity index (χ2n) is 5.27. The molecule has 1 rings (SSSR count). The predicted octanol–water partition coefficient (Wildman–Crippen LogP) is 0.832. The Morgan fingerprint density at radius 2 is 2.29 bits per heavy atom. The number of imidazole rings is 1. The zero-order valence-corrected chi connectivity index (χ0v) is 10.8. The number of carbonyl (C=O) groups excluding carboxylic acids is 1. The fraction of sp³-hybridized carbons (Fsp3) is 0.667. The summed E-state index contributed by atoms with van der Waals surface area (Å²) in [5.74, 6) is 0.858. The zero-order chi connectivity index (χ0) is 12.9. The lowest BCUT2D eigenvalue weighted by Crippen LogP contribution is -2.48. The molecule has 0 spiro atoms. The van der Waals surface area contributed by atoms with Crippen molar-refractivity contribution in [2.24, 2.45) is 11.1 Å². The molecular formula is C12H22N4O. The van der Waals surface area contributed by atoms with Gasteiger partial charge in [-0.15, -0.1) is 0 Å². The average molecular weight is 238 g/mol. The van der Waals surface area contributed by atoms with Crippen LogP contribution < -0.4 is 11.1 Å². The van der Waals surface area contributed by atoms with Gasteiger partial charge in [0, 0.05) is 25.4 Å². The van der Waals surface area contributed by atoms with E-state index in [2.05, 4.69) is 15.3 Å². The van der Waals surface area contributed by atoms with Crippen LogP contribution in [0, 0.1) is 5.41 Å². The van der Waals surface area contributed by atoms with Crippen molar-refractivity contribution >= 4 is 5.91 Å².